The van der Waals surface area contributed by atoms with E-state index in [1.807, 2.05) is 132 Å². The molecule has 2 aliphatic rings. The molecule has 10 rings (SSSR count). The minimum absolute atomic E-state index is 0. The van der Waals surface area contributed by atoms with Crippen molar-refractivity contribution < 1.29 is 51.0 Å². The molecule has 4 aromatic carbocycles. The predicted octanol–water partition coefficient (Wildman–Crippen LogP) is 7.53. The summed E-state index contributed by atoms with van der Waals surface area (Å²) < 4.78 is 12.0. The largest absolute Gasteiger partial charge is 0.582 e. The van der Waals surface area contributed by atoms with Crippen molar-refractivity contribution >= 4 is 55.3 Å². The number of benzene rings is 4. The van der Waals surface area contributed by atoms with Gasteiger partial charge in [-0.3, -0.25) is 0 Å². The zero-order valence-electron chi connectivity index (χ0n) is 26.9. The number of furan rings is 2. The first-order chi connectivity index (χ1) is 23.7. The third-order valence-corrected chi connectivity index (χ3v) is 7.44. The molecule has 0 fully saturated rings. The van der Waals surface area contributed by atoms with E-state index in [4.69, 9.17) is 8.83 Å². The van der Waals surface area contributed by atoms with E-state index in [1.165, 1.54) is 0 Å². The Kier molecular flexibility index (Phi) is 12.4. The van der Waals surface area contributed by atoms with Crippen molar-refractivity contribution in [2.24, 2.45) is 0 Å². The summed E-state index contributed by atoms with van der Waals surface area (Å²) in [7, 11) is 3.99. The Morgan fingerprint density at radius 3 is 1.34 bits per heavy atom. The molecule has 0 unspecified atom stereocenters. The van der Waals surface area contributed by atoms with Crippen LogP contribution in [-0.2, 0) is 42.1 Å². The molecule has 10 nitrogen and oxygen atoms in total. The summed E-state index contributed by atoms with van der Waals surface area (Å²) in [4.78, 5) is 8.03. The van der Waals surface area contributed by atoms with E-state index >= 15 is 0 Å². The molecule has 0 bridgehead atoms. The monoisotopic (exact) mass is 1020 g/mol. The number of anilines is 2. The number of aromatic nitrogens is 4. The van der Waals surface area contributed by atoms with E-state index in [9.17, 15) is 0 Å². The molecule has 4 aromatic heterocycles. The quantitative estimate of drug-likeness (QED) is 0.162. The molecular weight excluding hydrogens is 991 g/mol. The van der Waals surface area contributed by atoms with Gasteiger partial charge in [0, 0.05) is 76.5 Å². The Bertz CT molecular complexity index is 2080. The van der Waals surface area contributed by atoms with Gasteiger partial charge in [0.1, 0.15) is 11.2 Å². The second-order valence-corrected chi connectivity index (χ2v) is 10.8. The molecule has 2 aliphatic heterocycles. The summed E-state index contributed by atoms with van der Waals surface area (Å²) in [5.41, 5.74) is 5.45. The van der Waals surface area contributed by atoms with E-state index in [0.717, 1.165) is 55.3 Å². The Labute approximate surface area is 318 Å². The molecule has 0 atom stereocenters. The van der Waals surface area contributed by atoms with Crippen LogP contribution in [0.3, 0.4) is 0 Å². The van der Waals surface area contributed by atoms with Crippen molar-refractivity contribution in [2.45, 2.75) is 0 Å². The van der Waals surface area contributed by atoms with Gasteiger partial charge in [-0.2, -0.15) is 62.1 Å². The molecule has 50 heavy (non-hydrogen) atoms. The Morgan fingerprint density at radius 1 is 0.560 bits per heavy atom. The average Bonchev–Trinajstić information content (AvgIpc) is 3.98. The minimum atomic E-state index is 0. The molecule has 0 aliphatic carbocycles. The van der Waals surface area contributed by atoms with Crippen LogP contribution in [0.5, 0.6) is 0 Å². The number of rotatable bonds is 2. The van der Waals surface area contributed by atoms with E-state index in [1.54, 1.807) is 36.9 Å². The van der Waals surface area contributed by atoms with E-state index < -0.39 is 0 Å². The number of hydrogen-bond donors (Lipinski definition) is 0. The summed E-state index contributed by atoms with van der Waals surface area (Å²) >= 11 is 0. The van der Waals surface area contributed by atoms with Crippen LogP contribution in [0.25, 0.3) is 43.9 Å². The fraction of sp³-hybridized carbons (Fsp3) is 0.0526. The average molecular weight is 1020 g/mol. The Hall–Kier alpha value is -5.04. The second kappa shape index (κ2) is 17.1. The molecule has 12 heteroatoms. The van der Waals surface area contributed by atoms with Crippen molar-refractivity contribution in [3.05, 3.63) is 160 Å². The molecule has 0 saturated heterocycles. The first-order valence-electron chi connectivity index (χ1n) is 15.1. The number of fused-ring (bicyclic) bond motifs is 6. The molecule has 8 aromatic rings. The fourth-order valence-electron chi connectivity index (χ4n) is 5.29. The van der Waals surface area contributed by atoms with Crippen LogP contribution in [0.2, 0.25) is 0 Å². The van der Waals surface area contributed by atoms with Crippen molar-refractivity contribution in [1.29, 1.82) is 0 Å². The van der Waals surface area contributed by atoms with Gasteiger partial charge in [0.2, 0.25) is 0 Å². The van der Waals surface area contributed by atoms with Crippen LogP contribution in [0.15, 0.2) is 143 Å². The van der Waals surface area contributed by atoms with Gasteiger partial charge < -0.3 is 48.8 Å². The maximum atomic E-state index is 5.99. The van der Waals surface area contributed by atoms with Gasteiger partial charge in [-0.05, 0) is 51.0 Å². The predicted molar refractivity (Wildman–Crippen MR) is 188 cm³/mol. The van der Waals surface area contributed by atoms with Gasteiger partial charge in [0.25, 0.3) is 0 Å². The first-order valence-corrected chi connectivity index (χ1v) is 15.1. The van der Waals surface area contributed by atoms with Crippen LogP contribution in [0.4, 0.5) is 11.4 Å². The van der Waals surface area contributed by atoms with Crippen molar-refractivity contribution in [3.8, 4) is 0 Å². The number of hydrogen-bond acceptors (Lipinski definition) is 8. The third-order valence-electron chi connectivity index (χ3n) is 7.44. The summed E-state index contributed by atoms with van der Waals surface area (Å²) in [6, 6.07) is 34.3. The number of para-hydroxylation sites is 2. The van der Waals surface area contributed by atoms with Gasteiger partial charge in [-0.15, -0.1) is 0 Å². The Morgan fingerprint density at radius 2 is 1.00 bits per heavy atom. The van der Waals surface area contributed by atoms with E-state index in [0.29, 0.717) is 0 Å². The van der Waals surface area contributed by atoms with Gasteiger partial charge in [-0.1, -0.05) is 70.7 Å². The molecule has 0 N–H and O–H groups in total. The molecule has 0 spiro atoms. The molecule has 260 valence electrons. The van der Waals surface area contributed by atoms with Crippen molar-refractivity contribution in [1.82, 2.24) is 30.2 Å². The van der Waals surface area contributed by atoms with Gasteiger partial charge in [-0.25, -0.2) is 0 Å². The normalized spacial score (nSPS) is 13.0. The van der Waals surface area contributed by atoms with E-state index in [2.05, 4.69) is 44.7 Å². The van der Waals surface area contributed by atoms with Crippen LogP contribution in [0.1, 0.15) is 0 Å². The molecule has 0 saturated carbocycles. The molecule has 0 amide bonds. The second-order valence-electron chi connectivity index (χ2n) is 10.8. The van der Waals surface area contributed by atoms with Crippen LogP contribution in [-0.4, -0.2) is 34.1 Å². The topological polar surface area (TPSA) is 93.2 Å². The Balaban J connectivity index is 0.000000148. The SMILES string of the molecule is CN1C=CN(c2[c-]ccc3c2oc2ccccc23)[CH-]1.CN1C=CN(c2[c-]ccc3c2oc2ccccc23)[CH-]1.[Pt].[Pt].c1cn[n-]c1.c1cn[n-]c1. The molecular formula is C38H30N8O2Pt2-6. The zero-order chi connectivity index (χ0) is 32.7. The van der Waals surface area contributed by atoms with Gasteiger partial charge in [0.15, 0.2) is 0 Å². The maximum absolute atomic E-state index is 5.99. The summed E-state index contributed by atoms with van der Waals surface area (Å²) in [5, 5.41) is 18.4. The first kappa shape index (κ1) is 36.2. The molecule has 6 heterocycles. The fourth-order valence-corrected chi connectivity index (χ4v) is 5.29. The smallest absolute Gasteiger partial charge is 0.116 e. The standard InChI is InChI=1S/2C16H12N2O.2C3H3N2.2Pt/c2*1-17-9-10-18(11-17)14-7-4-6-13-12-5-2-3-8-15(12)19-16(13)14;2*1-2-4-5-3-1;;/h2*2-6,8-11H,1H3;2*1-3H;;/q2*-2;2*-1;;. The van der Waals surface area contributed by atoms with Crippen LogP contribution < -0.4 is 20.0 Å². The summed E-state index contributed by atoms with van der Waals surface area (Å²) in [6.07, 6.45) is 14.5. The maximum Gasteiger partial charge on any atom is 0.116 e. The van der Waals surface area contributed by atoms with Crippen molar-refractivity contribution in [3.63, 3.8) is 0 Å². The summed E-state index contributed by atoms with van der Waals surface area (Å²) in [6.45, 7) is 4.00. The summed E-state index contributed by atoms with van der Waals surface area (Å²) in [5.74, 6) is 0. The van der Waals surface area contributed by atoms with Crippen molar-refractivity contribution in [2.75, 3.05) is 23.9 Å². The number of nitrogens with zero attached hydrogens (tertiary/aromatic N) is 8. The van der Waals surface area contributed by atoms with Crippen LogP contribution in [0, 0.1) is 25.5 Å². The van der Waals surface area contributed by atoms with E-state index in [-0.39, 0.29) is 42.1 Å². The van der Waals surface area contributed by atoms with Gasteiger partial charge in [0.05, 0.1) is 0 Å². The molecule has 0 radical (unpaired) electrons. The van der Waals surface area contributed by atoms with Crippen LogP contribution >= 0.6 is 0 Å². The van der Waals surface area contributed by atoms with Gasteiger partial charge >= 0.3 is 0 Å². The zero-order valence-corrected chi connectivity index (χ0v) is 31.4. The third kappa shape index (κ3) is 8.04. The minimum Gasteiger partial charge on any atom is -0.582 e.